The zero-order valence-electron chi connectivity index (χ0n) is 8.20. The Labute approximate surface area is 87.3 Å². The van der Waals surface area contributed by atoms with Gasteiger partial charge in [-0.3, -0.25) is 0 Å². The highest BCUT2D eigenvalue weighted by Gasteiger charge is 2.17. The summed E-state index contributed by atoms with van der Waals surface area (Å²) in [6, 6.07) is 5.42. The first kappa shape index (κ1) is 10.7. The monoisotopic (exact) mass is 244 g/mol. The Morgan fingerprint density at radius 3 is 2.31 bits per heavy atom. The molecule has 0 aliphatic rings. The SMILES string of the molecule is CC(C)(C)c1ccc(CBr)cc1F. The molecule has 0 unspecified atom stereocenters. The summed E-state index contributed by atoms with van der Waals surface area (Å²) in [6.07, 6.45) is 0. The van der Waals surface area contributed by atoms with Gasteiger partial charge in [-0.2, -0.15) is 0 Å². The largest absolute Gasteiger partial charge is 0.207 e. The highest BCUT2D eigenvalue weighted by Crippen LogP contribution is 2.25. The Bertz CT molecular complexity index is 299. The molecule has 1 aromatic rings. The average Bonchev–Trinajstić information content (AvgIpc) is 2.01. The molecule has 13 heavy (non-hydrogen) atoms. The van der Waals surface area contributed by atoms with Crippen LogP contribution in [0.3, 0.4) is 0 Å². The molecule has 0 aliphatic carbocycles. The summed E-state index contributed by atoms with van der Waals surface area (Å²) in [4.78, 5) is 0. The van der Waals surface area contributed by atoms with Gasteiger partial charge >= 0.3 is 0 Å². The van der Waals surface area contributed by atoms with Crippen LogP contribution in [0.25, 0.3) is 0 Å². The maximum absolute atomic E-state index is 13.5. The molecule has 0 radical (unpaired) electrons. The second-order valence-electron chi connectivity index (χ2n) is 4.20. The van der Waals surface area contributed by atoms with Gasteiger partial charge < -0.3 is 0 Å². The van der Waals surface area contributed by atoms with Crippen LogP contribution >= 0.6 is 15.9 Å². The van der Waals surface area contributed by atoms with E-state index in [4.69, 9.17) is 0 Å². The Morgan fingerprint density at radius 1 is 1.31 bits per heavy atom. The van der Waals surface area contributed by atoms with Crippen LogP contribution in [-0.4, -0.2) is 0 Å². The predicted octanol–water partition coefficient (Wildman–Crippen LogP) is 4.02. The highest BCUT2D eigenvalue weighted by atomic mass is 79.9. The molecule has 0 saturated carbocycles. The van der Waals surface area contributed by atoms with Gasteiger partial charge in [0.2, 0.25) is 0 Å². The summed E-state index contributed by atoms with van der Waals surface area (Å²) in [5, 5.41) is 0.703. The van der Waals surface area contributed by atoms with Gasteiger partial charge in [0.15, 0.2) is 0 Å². The molecule has 72 valence electrons. The first-order chi connectivity index (χ1) is 5.95. The van der Waals surface area contributed by atoms with Gasteiger partial charge in [-0.25, -0.2) is 4.39 Å². The van der Waals surface area contributed by atoms with E-state index >= 15 is 0 Å². The van der Waals surface area contributed by atoms with Crippen molar-refractivity contribution < 1.29 is 4.39 Å². The van der Waals surface area contributed by atoms with Gasteiger partial charge in [0.25, 0.3) is 0 Å². The van der Waals surface area contributed by atoms with E-state index in [0.29, 0.717) is 5.33 Å². The molecule has 2 heteroatoms. The zero-order valence-corrected chi connectivity index (χ0v) is 9.78. The summed E-state index contributed by atoms with van der Waals surface area (Å²) in [5.74, 6) is -0.107. The van der Waals surface area contributed by atoms with Crippen molar-refractivity contribution in [1.29, 1.82) is 0 Å². The molecule has 0 atom stereocenters. The number of halogens is 2. The summed E-state index contributed by atoms with van der Waals surface area (Å²) < 4.78 is 13.5. The van der Waals surface area contributed by atoms with Crippen LogP contribution < -0.4 is 0 Å². The molecule has 0 bridgehead atoms. The first-order valence-electron chi connectivity index (χ1n) is 4.30. The quantitative estimate of drug-likeness (QED) is 0.655. The van der Waals surface area contributed by atoms with Crippen molar-refractivity contribution in [2.45, 2.75) is 31.5 Å². The van der Waals surface area contributed by atoms with E-state index in [1.165, 1.54) is 0 Å². The van der Waals surface area contributed by atoms with Crippen molar-refractivity contribution in [3.63, 3.8) is 0 Å². The minimum atomic E-state index is -0.116. The molecule has 0 fully saturated rings. The molecule has 0 aliphatic heterocycles. The lowest BCUT2D eigenvalue weighted by Gasteiger charge is -2.19. The number of hydrogen-bond donors (Lipinski definition) is 0. The number of alkyl halides is 1. The fourth-order valence-corrected chi connectivity index (χ4v) is 1.60. The van der Waals surface area contributed by atoms with Gasteiger partial charge in [-0.15, -0.1) is 0 Å². The minimum Gasteiger partial charge on any atom is -0.207 e. The van der Waals surface area contributed by atoms with Gasteiger partial charge in [0.1, 0.15) is 5.82 Å². The summed E-state index contributed by atoms with van der Waals surface area (Å²) >= 11 is 3.30. The van der Waals surface area contributed by atoms with Crippen molar-refractivity contribution in [3.8, 4) is 0 Å². The Hall–Kier alpha value is -0.370. The number of benzene rings is 1. The molecule has 0 amide bonds. The van der Waals surface area contributed by atoms with Gasteiger partial charge in [-0.1, -0.05) is 48.8 Å². The van der Waals surface area contributed by atoms with Crippen LogP contribution in [0.2, 0.25) is 0 Å². The molecule has 1 aromatic carbocycles. The standard InChI is InChI=1S/C11H14BrF/c1-11(2,3)9-5-4-8(7-12)6-10(9)13/h4-6H,7H2,1-3H3. The van der Waals surface area contributed by atoms with Crippen LogP contribution in [0.1, 0.15) is 31.9 Å². The molecular weight excluding hydrogens is 231 g/mol. The summed E-state index contributed by atoms with van der Waals surface area (Å²) in [6.45, 7) is 6.04. The van der Waals surface area contributed by atoms with Gasteiger partial charge in [0, 0.05) is 5.33 Å². The third-order valence-corrected chi connectivity index (χ3v) is 2.64. The van der Waals surface area contributed by atoms with Crippen molar-refractivity contribution >= 4 is 15.9 Å². The van der Waals surface area contributed by atoms with E-state index in [1.807, 2.05) is 32.9 Å². The van der Waals surface area contributed by atoms with Crippen molar-refractivity contribution in [2.75, 3.05) is 0 Å². The molecule has 1 rings (SSSR count). The second kappa shape index (κ2) is 3.79. The van der Waals surface area contributed by atoms with E-state index in [9.17, 15) is 4.39 Å². The highest BCUT2D eigenvalue weighted by molar-refractivity contribution is 9.08. The van der Waals surface area contributed by atoms with Gasteiger partial charge in [0.05, 0.1) is 0 Å². The number of hydrogen-bond acceptors (Lipinski definition) is 0. The average molecular weight is 245 g/mol. The fourth-order valence-electron chi connectivity index (χ4n) is 1.25. The van der Waals surface area contributed by atoms with E-state index in [-0.39, 0.29) is 11.2 Å². The lowest BCUT2D eigenvalue weighted by molar-refractivity contribution is 0.522. The van der Waals surface area contributed by atoms with E-state index in [2.05, 4.69) is 15.9 Å². The Morgan fingerprint density at radius 2 is 1.92 bits per heavy atom. The van der Waals surface area contributed by atoms with E-state index in [1.54, 1.807) is 6.07 Å². The normalized spacial score (nSPS) is 11.8. The van der Waals surface area contributed by atoms with Crippen LogP contribution in [-0.2, 0) is 10.7 Å². The van der Waals surface area contributed by atoms with Crippen LogP contribution in [0.5, 0.6) is 0 Å². The molecule has 0 spiro atoms. The van der Waals surface area contributed by atoms with Crippen molar-refractivity contribution in [1.82, 2.24) is 0 Å². The van der Waals surface area contributed by atoms with Crippen LogP contribution in [0.4, 0.5) is 4.39 Å². The zero-order chi connectivity index (χ0) is 10.1. The molecule has 0 aromatic heterocycles. The maximum Gasteiger partial charge on any atom is 0.127 e. The third kappa shape index (κ3) is 2.53. The summed E-state index contributed by atoms with van der Waals surface area (Å²) in [7, 11) is 0. The first-order valence-corrected chi connectivity index (χ1v) is 5.42. The van der Waals surface area contributed by atoms with Crippen molar-refractivity contribution in [2.24, 2.45) is 0 Å². The lowest BCUT2D eigenvalue weighted by Crippen LogP contribution is -2.13. The molecule has 0 nitrogen and oxygen atoms in total. The Balaban J connectivity index is 3.13. The second-order valence-corrected chi connectivity index (χ2v) is 4.76. The Kier molecular flexibility index (Phi) is 3.12. The smallest absolute Gasteiger partial charge is 0.127 e. The third-order valence-electron chi connectivity index (χ3n) is 2.00. The van der Waals surface area contributed by atoms with Gasteiger partial charge in [-0.05, 0) is 22.6 Å². The lowest BCUT2D eigenvalue weighted by atomic mass is 9.86. The summed E-state index contributed by atoms with van der Waals surface area (Å²) in [5.41, 5.74) is 1.64. The van der Waals surface area contributed by atoms with E-state index < -0.39 is 0 Å². The molecule has 0 saturated heterocycles. The molecular formula is C11H14BrF. The topological polar surface area (TPSA) is 0 Å². The van der Waals surface area contributed by atoms with E-state index in [0.717, 1.165) is 11.1 Å². The van der Waals surface area contributed by atoms with Crippen LogP contribution in [0, 0.1) is 5.82 Å². The fraction of sp³-hybridized carbons (Fsp3) is 0.455. The molecule has 0 heterocycles. The van der Waals surface area contributed by atoms with Crippen LogP contribution in [0.15, 0.2) is 18.2 Å². The molecule has 0 N–H and O–H groups in total. The predicted molar refractivity (Wildman–Crippen MR) is 57.7 cm³/mol. The maximum atomic E-state index is 13.5. The minimum absolute atomic E-state index is 0.107. The number of rotatable bonds is 1. The van der Waals surface area contributed by atoms with Crippen molar-refractivity contribution in [3.05, 3.63) is 35.1 Å².